The summed E-state index contributed by atoms with van der Waals surface area (Å²) >= 11 is 0. The fraction of sp³-hybridized carbons (Fsp3) is 0.440. The third-order valence-corrected chi connectivity index (χ3v) is 6.07. The van der Waals surface area contributed by atoms with Crippen LogP contribution in [0.5, 0.6) is 11.8 Å². The summed E-state index contributed by atoms with van der Waals surface area (Å²) in [5, 5.41) is 27.3. The molecule has 4 aromatic heterocycles. The number of rotatable bonds is 4. The zero-order valence-corrected chi connectivity index (χ0v) is 21.3. The lowest BCUT2D eigenvalue weighted by molar-refractivity contribution is 0.146. The van der Waals surface area contributed by atoms with Gasteiger partial charge in [0.25, 0.3) is 0 Å². The number of hydrogen-bond acceptors (Lipinski definition) is 8. The van der Waals surface area contributed by atoms with E-state index >= 15 is 0 Å². The van der Waals surface area contributed by atoms with Gasteiger partial charge in [-0.2, -0.15) is 10.2 Å². The standard InChI is InChI=1S/C25H32N8O3/c1-15(2)35-24-17-6-7-20-18-10-21(26-12-22(18)29-28-20)19-11-27-32(5)25(19)36-16(3)13-31(4)14-23(17)33(30-24)8-9-34/h6-7,10-12,15-16,34H,8-9,13-14H2,1-5H3,(H,28,29)/b7-6+/t16-/m0/s1. The third-order valence-electron chi connectivity index (χ3n) is 6.07. The highest BCUT2D eigenvalue weighted by Gasteiger charge is 2.23. The summed E-state index contributed by atoms with van der Waals surface area (Å²) < 4.78 is 16.0. The quantitative estimate of drug-likeness (QED) is 0.446. The van der Waals surface area contributed by atoms with Crippen LogP contribution in [0.25, 0.3) is 34.3 Å². The molecule has 0 unspecified atom stereocenters. The van der Waals surface area contributed by atoms with Crippen LogP contribution >= 0.6 is 0 Å². The van der Waals surface area contributed by atoms with E-state index in [1.807, 2.05) is 57.8 Å². The molecule has 1 atom stereocenters. The summed E-state index contributed by atoms with van der Waals surface area (Å²) in [4.78, 5) is 6.81. The number of aliphatic hydroxyl groups is 1. The maximum atomic E-state index is 9.70. The van der Waals surface area contributed by atoms with Crippen LogP contribution in [0.2, 0.25) is 0 Å². The van der Waals surface area contributed by atoms with Gasteiger partial charge in [-0.25, -0.2) is 4.68 Å². The summed E-state index contributed by atoms with van der Waals surface area (Å²) in [7, 11) is 3.90. The van der Waals surface area contributed by atoms with Crippen molar-refractivity contribution >= 4 is 23.1 Å². The van der Waals surface area contributed by atoms with E-state index in [9.17, 15) is 5.11 Å². The van der Waals surface area contributed by atoms with Gasteiger partial charge in [-0.1, -0.05) is 0 Å². The van der Waals surface area contributed by atoms with E-state index in [1.54, 1.807) is 17.1 Å². The SMILES string of the molecule is CC(C)Oc1nn(CCO)c2c1/C=C/c1n[nH]c3cnc(cc13)-c1cnn(C)c1O[C@@H](C)CN(C)C2. The van der Waals surface area contributed by atoms with Crippen LogP contribution in [0.4, 0.5) is 0 Å². The summed E-state index contributed by atoms with van der Waals surface area (Å²) in [6.45, 7) is 7.58. The van der Waals surface area contributed by atoms with Gasteiger partial charge in [0.15, 0.2) is 0 Å². The Labute approximate surface area is 209 Å². The molecule has 0 saturated heterocycles. The van der Waals surface area contributed by atoms with E-state index in [-0.39, 0.29) is 18.8 Å². The van der Waals surface area contributed by atoms with E-state index in [0.29, 0.717) is 31.4 Å². The monoisotopic (exact) mass is 492 g/mol. The van der Waals surface area contributed by atoms with Crippen molar-refractivity contribution in [2.24, 2.45) is 7.05 Å². The highest BCUT2D eigenvalue weighted by atomic mass is 16.5. The number of fused-ring (bicyclic) bond motifs is 4. The Kier molecular flexibility index (Phi) is 6.50. The Bertz CT molecular complexity index is 1400. The van der Waals surface area contributed by atoms with Gasteiger partial charge in [-0.3, -0.25) is 19.7 Å². The van der Waals surface area contributed by atoms with Crippen LogP contribution in [0.15, 0.2) is 18.5 Å². The van der Waals surface area contributed by atoms with Crippen molar-refractivity contribution < 1.29 is 14.6 Å². The summed E-state index contributed by atoms with van der Waals surface area (Å²) in [6.07, 6.45) is 7.34. The Morgan fingerprint density at radius 1 is 1.25 bits per heavy atom. The molecule has 0 radical (unpaired) electrons. The number of pyridine rings is 1. The molecule has 190 valence electrons. The minimum Gasteiger partial charge on any atom is -0.473 e. The Morgan fingerprint density at radius 3 is 2.86 bits per heavy atom. The highest BCUT2D eigenvalue weighted by molar-refractivity contribution is 5.91. The molecule has 0 aliphatic carbocycles. The first-order chi connectivity index (χ1) is 17.3. The molecular weight excluding hydrogens is 460 g/mol. The van der Waals surface area contributed by atoms with Crippen LogP contribution in [0, 0.1) is 0 Å². The maximum Gasteiger partial charge on any atom is 0.240 e. The van der Waals surface area contributed by atoms with Crippen LogP contribution < -0.4 is 9.47 Å². The molecule has 2 bridgehead atoms. The highest BCUT2D eigenvalue weighted by Crippen LogP contribution is 2.32. The van der Waals surface area contributed by atoms with Crippen LogP contribution in [0.3, 0.4) is 0 Å². The summed E-state index contributed by atoms with van der Waals surface area (Å²) in [5.41, 5.74) is 5.01. The fourth-order valence-electron chi connectivity index (χ4n) is 4.51. The molecule has 0 amide bonds. The van der Waals surface area contributed by atoms with Gasteiger partial charge in [0.1, 0.15) is 6.10 Å². The number of aromatic amines is 1. The fourth-order valence-corrected chi connectivity index (χ4v) is 4.51. The molecule has 5 heterocycles. The number of aromatic nitrogens is 7. The van der Waals surface area contributed by atoms with Crippen molar-refractivity contribution in [1.82, 2.24) is 39.6 Å². The van der Waals surface area contributed by atoms with Crippen molar-refractivity contribution in [2.75, 3.05) is 20.2 Å². The molecule has 2 N–H and O–H groups in total. The number of aryl methyl sites for hydroxylation is 1. The molecule has 36 heavy (non-hydrogen) atoms. The lowest BCUT2D eigenvalue weighted by Crippen LogP contribution is -2.32. The maximum absolute atomic E-state index is 9.70. The molecule has 5 rings (SSSR count). The summed E-state index contributed by atoms with van der Waals surface area (Å²) in [5.74, 6) is 1.20. The van der Waals surface area contributed by atoms with Crippen molar-refractivity contribution in [2.45, 2.75) is 46.1 Å². The number of hydrogen-bond donors (Lipinski definition) is 2. The Hall–Kier alpha value is -3.70. The van der Waals surface area contributed by atoms with Crippen LogP contribution in [-0.2, 0) is 20.1 Å². The number of nitrogens with zero attached hydrogens (tertiary/aromatic N) is 7. The van der Waals surface area contributed by atoms with Gasteiger partial charge in [0, 0.05) is 25.5 Å². The summed E-state index contributed by atoms with van der Waals surface area (Å²) in [6, 6.07) is 2.00. The van der Waals surface area contributed by atoms with E-state index in [1.165, 1.54) is 0 Å². The predicted octanol–water partition coefficient (Wildman–Crippen LogP) is 2.72. The van der Waals surface area contributed by atoms with Gasteiger partial charge >= 0.3 is 0 Å². The number of nitrogens with one attached hydrogen (secondary N) is 1. The number of H-pyrrole nitrogens is 1. The smallest absolute Gasteiger partial charge is 0.240 e. The number of aliphatic hydroxyl groups excluding tert-OH is 1. The zero-order chi connectivity index (χ0) is 25.4. The van der Waals surface area contributed by atoms with Crippen LogP contribution in [-0.4, -0.2) is 77.2 Å². The Morgan fingerprint density at radius 2 is 2.08 bits per heavy atom. The molecule has 0 saturated carbocycles. The van der Waals surface area contributed by atoms with Crippen molar-refractivity contribution in [3.05, 3.63) is 35.4 Å². The first-order valence-corrected chi connectivity index (χ1v) is 12.1. The lowest BCUT2D eigenvalue weighted by atomic mass is 10.1. The number of likely N-dealkylation sites (N-methyl/N-ethyl adjacent to an activating group) is 1. The van der Waals surface area contributed by atoms with E-state index in [0.717, 1.165) is 39.1 Å². The topological polar surface area (TPSA) is 119 Å². The molecule has 4 aromatic rings. The number of ether oxygens (including phenoxy) is 2. The van der Waals surface area contributed by atoms with Crippen LogP contribution in [0.1, 0.15) is 37.7 Å². The van der Waals surface area contributed by atoms with E-state index < -0.39 is 0 Å². The second-order valence-electron chi connectivity index (χ2n) is 9.45. The van der Waals surface area contributed by atoms with Crippen molar-refractivity contribution in [3.8, 4) is 23.0 Å². The van der Waals surface area contributed by atoms with E-state index in [2.05, 4.69) is 30.3 Å². The normalized spacial score (nSPS) is 17.5. The third kappa shape index (κ3) is 4.59. The van der Waals surface area contributed by atoms with Gasteiger partial charge in [0.05, 0.1) is 65.4 Å². The Balaban J connectivity index is 1.69. The second kappa shape index (κ2) is 9.75. The average Bonchev–Trinajstić information content (AvgIpc) is 3.48. The molecule has 0 aromatic carbocycles. The first-order valence-electron chi connectivity index (χ1n) is 12.1. The molecule has 0 spiro atoms. The molecule has 0 fully saturated rings. The van der Waals surface area contributed by atoms with Crippen molar-refractivity contribution in [3.63, 3.8) is 0 Å². The van der Waals surface area contributed by atoms with Gasteiger partial charge in [-0.05, 0) is 46.0 Å². The largest absolute Gasteiger partial charge is 0.473 e. The van der Waals surface area contributed by atoms with E-state index in [4.69, 9.17) is 9.47 Å². The molecule has 1 aliphatic rings. The predicted molar refractivity (Wildman–Crippen MR) is 137 cm³/mol. The zero-order valence-electron chi connectivity index (χ0n) is 21.3. The van der Waals surface area contributed by atoms with Gasteiger partial charge < -0.3 is 14.6 Å². The molecule has 1 aliphatic heterocycles. The van der Waals surface area contributed by atoms with Gasteiger partial charge in [-0.15, -0.1) is 5.10 Å². The first kappa shape index (κ1) is 24.0. The molecule has 11 nitrogen and oxygen atoms in total. The second-order valence-corrected chi connectivity index (χ2v) is 9.45. The van der Waals surface area contributed by atoms with Gasteiger partial charge in [0.2, 0.25) is 11.8 Å². The molecule has 11 heteroatoms. The van der Waals surface area contributed by atoms with Crippen molar-refractivity contribution in [1.29, 1.82) is 0 Å². The minimum absolute atomic E-state index is 0.0226. The lowest BCUT2D eigenvalue weighted by Gasteiger charge is -2.23. The minimum atomic E-state index is -0.123. The average molecular weight is 493 g/mol. The molecular formula is C25H32N8O3.